The molecule has 0 amide bonds. The lowest BCUT2D eigenvalue weighted by Crippen LogP contribution is -2.72. The first-order chi connectivity index (χ1) is 21.3. The Balaban J connectivity index is 1.48. The summed E-state index contributed by atoms with van der Waals surface area (Å²) in [7, 11) is 0. The minimum atomic E-state index is -5.23. The maximum atomic E-state index is 14.8. The zero-order valence-electron chi connectivity index (χ0n) is 24.0. The largest absolute Gasteiger partial charge is 0.446 e. The van der Waals surface area contributed by atoms with Gasteiger partial charge in [-0.2, -0.15) is 13.2 Å². The Morgan fingerprint density at radius 3 is 1.39 bits per heavy atom. The minimum absolute atomic E-state index is 0.0482. The molecule has 0 bridgehead atoms. The fraction of sp³-hybridized carbons (Fsp3) is 0.314. The molecule has 0 spiro atoms. The van der Waals surface area contributed by atoms with Crippen LogP contribution < -0.4 is 0 Å². The molecule has 0 aromatic heterocycles. The van der Waals surface area contributed by atoms with Crippen LogP contribution in [0.4, 0.5) is 13.2 Å². The Morgan fingerprint density at radius 2 is 0.955 bits per heavy atom. The van der Waals surface area contributed by atoms with Gasteiger partial charge >= 0.3 is 6.18 Å². The number of ether oxygens (including phenoxy) is 5. The van der Waals surface area contributed by atoms with E-state index in [0.717, 1.165) is 16.7 Å². The third-order valence-corrected chi connectivity index (χ3v) is 7.35. The fourth-order valence-electron chi connectivity index (χ4n) is 5.08. The number of halogens is 3. The second kappa shape index (κ2) is 14.9. The van der Waals surface area contributed by atoms with Gasteiger partial charge in [-0.05, 0) is 22.3 Å². The molecule has 1 heterocycles. The van der Waals surface area contributed by atoms with Crippen molar-refractivity contribution >= 4 is 0 Å². The summed E-state index contributed by atoms with van der Waals surface area (Å²) in [5, 5.41) is 11.3. The molecule has 232 valence electrons. The van der Waals surface area contributed by atoms with Gasteiger partial charge < -0.3 is 28.8 Å². The van der Waals surface area contributed by atoms with E-state index in [0.29, 0.717) is 5.56 Å². The van der Waals surface area contributed by atoms with E-state index in [-0.39, 0.29) is 33.0 Å². The van der Waals surface area contributed by atoms with E-state index in [9.17, 15) is 18.3 Å². The van der Waals surface area contributed by atoms with Gasteiger partial charge in [0.1, 0.15) is 24.4 Å². The molecular formula is C35H35F3O6. The van der Waals surface area contributed by atoms with Crippen LogP contribution in [0.15, 0.2) is 121 Å². The lowest BCUT2D eigenvalue weighted by atomic mass is 9.91. The first-order valence-corrected chi connectivity index (χ1v) is 14.4. The number of benzene rings is 4. The molecule has 0 unspecified atom stereocenters. The topological polar surface area (TPSA) is 66.4 Å². The summed E-state index contributed by atoms with van der Waals surface area (Å²) in [6.07, 6.45) is -11.1. The summed E-state index contributed by atoms with van der Waals surface area (Å²) < 4.78 is 74.1. The predicted octanol–water partition coefficient (Wildman–Crippen LogP) is 6.61. The number of hydrogen-bond acceptors (Lipinski definition) is 6. The van der Waals surface area contributed by atoms with Crippen LogP contribution in [-0.4, -0.2) is 48.1 Å². The third kappa shape index (κ3) is 8.12. The molecule has 6 nitrogen and oxygen atoms in total. The first-order valence-electron chi connectivity index (χ1n) is 14.4. The number of rotatable bonds is 13. The number of alkyl halides is 3. The van der Waals surface area contributed by atoms with Gasteiger partial charge in [0.05, 0.1) is 33.0 Å². The van der Waals surface area contributed by atoms with E-state index < -0.39 is 36.4 Å². The fourth-order valence-corrected chi connectivity index (χ4v) is 5.08. The maximum Gasteiger partial charge on any atom is 0.446 e. The maximum absolute atomic E-state index is 14.8. The van der Waals surface area contributed by atoms with Crippen LogP contribution in [0.1, 0.15) is 22.3 Å². The predicted molar refractivity (Wildman–Crippen MR) is 157 cm³/mol. The van der Waals surface area contributed by atoms with Crippen molar-refractivity contribution in [1.82, 2.24) is 0 Å². The van der Waals surface area contributed by atoms with Crippen LogP contribution >= 0.6 is 0 Å². The highest BCUT2D eigenvalue weighted by atomic mass is 19.4. The van der Waals surface area contributed by atoms with Crippen LogP contribution in [0.3, 0.4) is 0 Å². The first kappa shape index (κ1) is 31.8. The number of aliphatic hydroxyl groups is 1. The summed E-state index contributed by atoms with van der Waals surface area (Å²) in [5.41, 5.74) is 2.98. The van der Waals surface area contributed by atoms with Gasteiger partial charge in [0.15, 0.2) is 0 Å². The van der Waals surface area contributed by atoms with Crippen molar-refractivity contribution in [3.63, 3.8) is 0 Å². The molecule has 0 radical (unpaired) electrons. The van der Waals surface area contributed by atoms with E-state index in [1.807, 2.05) is 78.9 Å². The standard InChI is InChI=1S/C35H35F3O6/c36-35(37,38)34(39)33(43-24-29-19-11-4-12-20-29)32(42-23-28-17-9-3-10-18-28)31(41-22-27-15-7-2-8-16-27)30(44-34)25-40-21-26-13-5-1-6-14-26/h1-20,30-33,39H,21-25H2/t30-,31-,32+,33-,34-/m1/s1. The lowest BCUT2D eigenvalue weighted by molar-refractivity contribution is -0.450. The van der Waals surface area contributed by atoms with Crippen molar-refractivity contribution in [3.05, 3.63) is 144 Å². The minimum Gasteiger partial charge on any atom is -0.374 e. The van der Waals surface area contributed by atoms with Crippen molar-refractivity contribution < 1.29 is 42.0 Å². The molecule has 1 aliphatic heterocycles. The molecule has 4 aromatic rings. The smallest absolute Gasteiger partial charge is 0.374 e. The normalized spacial score (nSPS) is 23.8. The second-order valence-electron chi connectivity index (χ2n) is 10.6. The highest BCUT2D eigenvalue weighted by molar-refractivity contribution is 5.17. The van der Waals surface area contributed by atoms with E-state index >= 15 is 0 Å². The van der Waals surface area contributed by atoms with Crippen LogP contribution in [0.2, 0.25) is 0 Å². The van der Waals surface area contributed by atoms with Gasteiger partial charge in [0.25, 0.3) is 5.79 Å². The molecule has 5 atom stereocenters. The van der Waals surface area contributed by atoms with E-state index in [1.165, 1.54) is 0 Å². The zero-order chi connectivity index (χ0) is 30.8. The molecule has 0 aliphatic carbocycles. The van der Waals surface area contributed by atoms with Crippen molar-refractivity contribution in [2.45, 2.75) is 62.8 Å². The third-order valence-electron chi connectivity index (χ3n) is 7.35. The van der Waals surface area contributed by atoms with E-state index in [2.05, 4.69) is 0 Å². The van der Waals surface area contributed by atoms with Crippen LogP contribution in [0.25, 0.3) is 0 Å². The Morgan fingerprint density at radius 1 is 0.568 bits per heavy atom. The van der Waals surface area contributed by atoms with Gasteiger partial charge in [0.2, 0.25) is 0 Å². The highest BCUT2D eigenvalue weighted by Gasteiger charge is 2.69. The van der Waals surface area contributed by atoms with Gasteiger partial charge in [-0.1, -0.05) is 121 Å². The monoisotopic (exact) mass is 608 g/mol. The van der Waals surface area contributed by atoms with Crippen molar-refractivity contribution in [3.8, 4) is 0 Å². The van der Waals surface area contributed by atoms with E-state index in [1.54, 1.807) is 42.5 Å². The zero-order valence-corrected chi connectivity index (χ0v) is 24.0. The summed E-state index contributed by atoms with van der Waals surface area (Å²) >= 11 is 0. The van der Waals surface area contributed by atoms with Crippen LogP contribution in [0.5, 0.6) is 0 Å². The summed E-state index contributed by atoms with van der Waals surface area (Å²) in [6.45, 7) is -0.388. The Kier molecular flexibility index (Phi) is 10.8. The van der Waals surface area contributed by atoms with Gasteiger partial charge in [-0.25, -0.2) is 0 Å². The van der Waals surface area contributed by atoms with Crippen molar-refractivity contribution in [2.75, 3.05) is 6.61 Å². The molecule has 1 saturated heterocycles. The molecule has 1 fully saturated rings. The molecule has 1 N–H and O–H groups in total. The molecule has 0 saturated carbocycles. The molecule has 4 aromatic carbocycles. The molecule has 5 rings (SSSR count). The molecular weight excluding hydrogens is 573 g/mol. The van der Waals surface area contributed by atoms with Crippen molar-refractivity contribution in [2.24, 2.45) is 0 Å². The Bertz CT molecular complexity index is 1390. The number of hydrogen-bond donors (Lipinski definition) is 1. The summed E-state index contributed by atoms with van der Waals surface area (Å²) in [5.74, 6) is -3.71. The molecule has 44 heavy (non-hydrogen) atoms. The van der Waals surface area contributed by atoms with E-state index in [4.69, 9.17) is 23.7 Å². The molecule has 1 aliphatic rings. The Hall–Kier alpha value is -3.57. The van der Waals surface area contributed by atoms with Gasteiger partial charge in [0, 0.05) is 0 Å². The Labute approximate surface area is 254 Å². The summed E-state index contributed by atoms with van der Waals surface area (Å²) in [4.78, 5) is 0. The summed E-state index contributed by atoms with van der Waals surface area (Å²) in [6, 6.07) is 36.2. The van der Waals surface area contributed by atoms with Crippen LogP contribution in [0, 0.1) is 0 Å². The lowest BCUT2D eigenvalue weighted by Gasteiger charge is -2.50. The second-order valence-corrected chi connectivity index (χ2v) is 10.6. The highest BCUT2D eigenvalue weighted by Crippen LogP contribution is 2.44. The average molecular weight is 609 g/mol. The van der Waals surface area contributed by atoms with Gasteiger partial charge in [-0.15, -0.1) is 0 Å². The average Bonchev–Trinajstić information content (AvgIpc) is 3.04. The SMILES string of the molecule is O[C@@]1(C(F)(F)F)O[C@H](COCc2ccccc2)[C@@H](OCc2ccccc2)[C@H](OCc2ccccc2)[C@H]1OCc1ccccc1. The van der Waals surface area contributed by atoms with Gasteiger partial charge in [-0.3, -0.25) is 0 Å². The molecule has 9 heteroatoms. The quantitative estimate of drug-likeness (QED) is 0.184. The van der Waals surface area contributed by atoms with Crippen LogP contribution in [-0.2, 0) is 50.1 Å². The van der Waals surface area contributed by atoms with Crippen molar-refractivity contribution in [1.29, 1.82) is 0 Å².